The largest absolute Gasteiger partial charge is 0.355 e. The molecule has 0 aliphatic carbocycles. The number of amides is 1. The van der Waals surface area contributed by atoms with Gasteiger partial charge in [-0.15, -0.1) is 0 Å². The molecule has 0 aliphatic heterocycles. The Bertz CT molecular complexity index is 654. The van der Waals surface area contributed by atoms with E-state index in [1.807, 2.05) is 13.8 Å². The number of carbonyl (C=O) groups is 1. The Hall–Kier alpha value is -2.43. The number of rotatable bonds is 5. The molecule has 0 atom stereocenters. The van der Waals surface area contributed by atoms with Crippen molar-refractivity contribution >= 4 is 23.0 Å². The van der Waals surface area contributed by atoms with Crippen LogP contribution in [-0.2, 0) is 4.79 Å². The average Bonchev–Trinajstić information content (AvgIpc) is 2.44. The van der Waals surface area contributed by atoms with Crippen LogP contribution < -0.4 is 10.6 Å². The number of carbonyl (C=O) groups excluding carboxylic acids is 1. The fourth-order valence-electron chi connectivity index (χ4n) is 1.96. The van der Waals surface area contributed by atoms with Gasteiger partial charge in [-0.2, -0.15) is 0 Å². The molecule has 0 bridgehead atoms. The number of hydrogen-bond donors (Lipinski definition) is 2. The van der Waals surface area contributed by atoms with Crippen LogP contribution in [0.3, 0.4) is 0 Å². The molecule has 116 valence electrons. The van der Waals surface area contributed by atoms with Gasteiger partial charge in [0, 0.05) is 29.5 Å². The van der Waals surface area contributed by atoms with Gasteiger partial charge in [0.05, 0.1) is 0 Å². The minimum atomic E-state index is -0.900. The van der Waals surface area contributed by atoms with E-state index in [9.17, 15) is 13.6 Å². The topological polar surface area (TPSA) is 41.1 Å². The molecule has 0 aliphatic rings. The Labute approximate surface area is 128 Å². The van der Waals surface area contributed by atoms with Gasteiger partial charge in [0.2, 0.25) is 5.91 Å². The summed E-state index contributed by atoms with van der Waals surface area (Å²) < 4.78 is 26.0. The summed E-state index contributed by atoms with van der Waals surface area (Å²) in [4.78, 5) is 11.7. The van der Waals surface area contributed by atoms with Crippen molar-refractivity contribution in [1.82, 2.24) is 0 Å². The lowest BCUT2D eigenvalue weighted by atomic mass is 10.1. The lowest BCUT2D eigenvalue weighted by Crippen LogP contribution is -2.13. The van der Waals surface area contributed by atoms with E-state index in [1.165, 1.54) is 6.07 Å². The zero-order chi connectivity index (χ0) is 16.1. The molecule has 0 spiro atoms. The first kappa shape index (κ1) is 15.9. The zero-order valence-corrected chi connectivity index (χ0v) is 12.5. The number of benzene rings is 2. The third-order valence-electron chi connectivity index (χ3n) is 2.97. The van der Waals surface area contributed by atoms with Gasteiger partial charge in [-0.05, 0) is 42.3 Å². The first-order chi connectivity index (χ1) is 10.4. The van der Waals surface area contributed by atoms with Crippen molar-refractivity contribution in [2.24, 2.45) is 5.92 Å². The molecular weight excluding hydrogens is 286 g/mol. The Balaban J connectivity index is 1.99. The molecule has 0 saturated carbocycles. The highest BCUT2D eigenvalue weighted by Gasteiger charge is 2.06. The van der Waals surface area contributed by atoms with Gasteiger partial charge in [0.15, 0.2) is 11.6 Å². The lowest BCUT2D eigenvalue weighted by Gasteiger charge is -2.10. The molecule has 0 radical (unpaired) electrons. The van der Waals surface area contributed by atoms with Crippen molar-refractivity contribution in [3.05, 3.63) is 54.1 Å². The highest BCUT2D eigenvalue weighted by Crippen LogP contribution is 2.21. The minimum Gasteiger partial charge on any atom is -0.355 e. The number of nitrogens with one attached hydrogen (secondary N) is 2. The molecule has 0 unspecified atom stereocenters. The summed E-state index contributed by atoms with van der Waals surface area (Å²) >= 11 is 0. The average molecular weight is 304 g/mol. The van der Waals surface area contributed by atoms with E-state index in [1.54, 1.807) is 24.3 Å². The quantitative estimate of drug-likeness (QED) is 0.841. The smallest absolute Gasteiger partial charge is 0.224 e. The van der Waals surface area contributed by atoms with Crippen molar-refractivity contribution in [3.63, 3.8) is 0 Å². The molecular formula is C17H18F2N2O. The monoisotopic (exact) mass is 304 g/mol. The third kappa shape index (κ3) is 4.55. The van der Waals surface area contributed by atoms with Crippen molar-refractivity contribution in [2.75, 3.05) is 10.6 Å². The van der Waals surface area contributed by atoms with Crippen molar-refractivity contribution < 1.29 is 13.6 Å². The van der Waals surface area contributed by atoms with Crippen LogP contribution >= 0.6 is 0 Å². The molecule has 2 N–H and O–H groups in total. The summed E-state index contributed by atoms with van der Waals surface area (Å²) in [7, 11) is 0. The van der Waals surface area contributed by atoms with Crippen molar-refractivity contribution in [1.29, 1.82) is 0 Å². The van der Waals surface area contributed by atoms with Gasteiger partial charge in [0.1, 0.15) is 0 Å². The summed E-state index contributed by atoms with van der Waals surface area (Å²) in [6.45, 7) is 3.96. The molecule has 0 aromatic heterocycles. The molecule has 2 aromatic rings. The Kier molecular flexibility index (Phi) is 5.09. The normalized spacial score (nSPS) is 10.6. The summed E-state index contributed by atoms with van der Waals surface area (Å²) in [5, 5.41) is 5.77. The predicted molar refractivity (Wildman–Crippen MR) is 84.2 cm³/mol. The Morgan fingerprint density at radius 3 is 2.14 bits per heavy atom. The van der Waals surface area contributed by atoms with Gasteiger partial charge in [-0.3, -0.25) is 4.79 Å². The molecule has 2 aromatic carbocycles. The van der Waals surface area contributed by atoms with Gasteiger partial charge in [-0.1, -0.05) is 13.8 Å². The Morgan fingerprint density at radius 1 is 0.955 bits per heavy atom. The number of halogens is 2. The van der Waals surface area contributed by atoms with Crippen LogP contribution in [0.4, 0.5) is 25.8 Å². The molecule has 5 heteroatoms. The van der Waals surface area contributed by atoms with Crippen LogP contribution in [0.2, 0.25) is 0 Å². The fourth-order valence-corrected chi connectivity index (χ4v) is 1.96. The maximum absolute atomic E-state index is 13.1. The summed E-state index contributed by atoms with van der Waals surface area (Å²) in [5.74, 6) is -1.51. The van der Waals surface area contributed by atoms with Crippen LogP contribution in [0.5, 0.6) is 0 Å². The van der Waals surface area contributed by atoms with E-state index in [2.05, 4.69) is 10.6 Å². The molecule has 0 fully saturated rings. The molecule has 22 heavy (non-hydrogen) atoms. The van der Waals surface area contributed by atoms with Gasteiger partial charge in [0.25, 0.3) is 0 Å². The Morgan fingerprint density at radius 2 is 1.55 bits per heavy atom. The maximum atomic E-state index is 13.1. The number of anilines is 3. The van der Waals surface area contributed by atoms with Crippen molar-refractivity contribution in [3.8, 4) is 0 Å². The maximum Gasteiger partial charge on any atom is 0.224 e. The van der Waals surface area contributed by atoms with Crippen LogP contribution in [-0.4, -0.2) is 5.91 Å². The second-order valence-electron chi connectivity index (χ2n) is 5.48. The lowest BCUT2D eigenvalue weighted by molar-refractivity contribution is -0.116. The van der Waals surface area contributed by atoms with E-state index in [0.717, 1.165) is 12.1 Å². The molecule has 3 nitrogen and oxygen atoms in total. The van der Waals surface area contributed by atoms with Gasteiger partial charge < -0.3 is 10.6 Å². The van der Waals surface area contributed by atoms with Crippen LogP contribution in [0.15, 0.2) is 42.5 Å². The van der Waals surface area contributed by atoms with Crippen LogP contribution in [0, 0.1) is 17.6 Å². The van der Waals surface area contributed by atoms with E-state index in [4.69, 9.17) is 0 Å². The zero-order valence-electron chi connectivity index (χ0n) is 12.5. The molecule has 1 amide bonds. The van der Waals surface area contributed by atoms with Gasteiger partial charge >= 0.3 is 0 Å². The van der Waals surface area contributed by atoms with Crippen LogP contribution in [0.25, 0.3) is 0 Å². The van der Waals surface area contributed by atoms with E-state index >= 15 is 0 Å². The third-order valence-corrected chi connectivity index (χ3v) is 2.97. The SMILES string of the molecule is CC(C)CC(=O)Nc1ccc(Nc2ccc(F)c(F)c2)cc1. The first-order valence-corrected chi connectivity index (χ1v) is 7.06. The van der Waals surface area contributed by atoms with E-state index in [0.29, 0.717) is 29.4 Å². The predicted octanol–water partition coefficient (Wildman–Crippen LogP) is 4.69. The summed E-state index contributed by atoms with van der Waals surface area (Å²) in [6.07, 6.45) is 0.467. The summed E-state index contributed by atoms with van der Waals surface area (Å²) in [6, 6.07) is 10.6. The highest BCUT2D eigenvalue weighted by molar-refractivity contribution is 5.91. The molecule has 0 heterocycles. The first-order valence-electron chi connectivity index (χ1n) is 7.06. The van der Waals surface area contributed by atoms with E-state index < -0.39 is 11.6 Å². The molecule has 2 rings (SSSR count). The standard InChI is InChI=1S/C17H18F2N2O/c1-11(2)9-17(22)21-13-5-3-12(4-6-13)20-14-7-8-15(18)16(19)10-14/h3-8,10-11,20H,9H2,1-2H3,(H,21,22). The number of hydrogen-bond acceptors (Lipinski definition) is 2. The highest BCUT2D eigenvalue weighted by atomic mass is 19.2. The minimum absolute atomic E-state index is 0.0312. The van der Waals surface area contributed by atoms with Gasteiger partial charge in [-0.25, -0.2) is 8.78 Å². The van der Waals surface area contributed by atoms with E-state index in [-0.39, 0.29) is 5.91 Å². The van der Waals surface area contributed by atoms with Crippen LogP contribution in [0.1, 0.15) is 20.3 Å². The summed E-state index contributed by atoms with van der Waals surface area (Å²) in [5.41, 5.74) is 1.87. The second kappa shape index (κ2) is 7.02. The second-order valence-corrected chi connectivity index (χ2v) is 5.48. The van der Waals surface area contributed by atoms with Crippen molar-refractivity contribution in [2.45, 2.75) is 20.3 Å². The molecule has 0 saturated heterocycles. The fraction of sp³-hybridized carbons (Fsp3) is 0.235.